The van der Waals surface area contributed by atoms with Gasteiger partial charge in [-0.3, -0.25) is 0 Å². The first-order valence-electron chi connectivity index (χ1n) is 7.28. The maximum Gasteiger partial charge on any atom is 0.115 e. The van der Waals surface area contributed by atoms with Crippen LogP contribution in [0.25, 0.3) is 0 Å². The smallest absolute Gasteiger partial charge is 0.115 e. The van der Waals surface area contributed by atoms with E-state index in [9.17, 15) is 0 Å². The predicted molar refractivity (Wildman–Crippen MR) is 89.1 cm³/mol. The molecule has 110 valence electrons. The second-order valence-corrected chi connectivity index (χ2v) is 4.08. The molecule has 0 radical (unpaired) electrons. The number of aromatic hydroxyl groups is 1. The summed E-state index contributed by atoms with van der Waals surface area (Å²) in [7, 11) is 0. The van der Waals surface area contributed by atoms with Crippen LogP contribution < -0.4 is 5.73 Å². The van der Waals surface area contributed by atoms with Gasteiger partial charge in [0.2, 0.25) is 0 Å². The Balaban J connectivity index is 0.000000321. The summed E-state index contributed by atoms with van der Waals surface area (Å²) in [6.45, 7) is 8.17. The van der Waals surface area contributed by atoms with Gasteiger partial charge in [0.1, 0.15) is 5.75 Å². The fourth-order valence-electron chi connectivity index (χ4n) is 1.63. The van der Waals surface area contributed by atoms with Gasteiger partial charge in [0.05, 0.1) is 0 Å². The first kappa shape index (κ1) is 18.0. The van der Waals surface area contributed by atoms with Gasteiger partial charge >= 0.3 is 0 Å². The van der Waals surface area contributed by atoms with E-state index in [0.29, 0.717) is 5.75 Å². The molecule has 3 N–H and O–H groups in total. The Morgan fingerprint density at radius 3 is 1.95 bits per heavy atom. The highest BCUT2D eigenvalue weighted by molar-refractivity contribution is 5.46. The van der Waals surface area contributed by atoms with E-state index in [2.05, 4.69) is 19.9 Å². The van der Waals surface area contributed by atoms with Gasteiger partial charge in [0.15, 0.2) is 0 Å². The fraction of sp³-hybridized carbons (Fsp3) is 0.333. The molecule has 0 bridgehead atoms. The van der Waals surface area contributed by atoms with Crippen molar-refractivity contribution in [2.75, 3.05) is 5.73 Å². The van der Waals surface area contributed by atoms with Crippen molar-refractivity contribution in [2.24, 2.45) is 0 Å². The molecule has 20 heavy (non-hydrogen) atoms. The second-order valence-electron chi connectivity index (χ2n) is 4.08. The maximum atomic E-state index is 8.94. The van der Waals surface area contributed by atoms with Gasteiger partial charge in [-0.05, 0) is 42.2 Å². The number of phenols is 1. The summed E-state index contributed by atoms with van der Waals surface area (Å²) < 4.78 is 0. The highest BCUT2D eigenvalue weighted by Crippen LogP contribution is 2.10. The van der Waals surface area contributed by atoms with E-state index in [-0.39, 0.29) is 0 Å². The topological polar surface area (TPSA) is 46.2 Å². The van der Waals surface area contributed by atoms with E-state index in [1.165, 1.54) is 11.1 Å². The lowest BCUT2D eigenvalue weighted by atomic mass is 10.1. The summed E-state index contributed by atoms with van der Waals surface area (Å²) in [5, 5.41) is 8.94. The van der Waals surface area contributed by atoms with Crippen molar-refractivity contribution in [3.8, 4) is 5.75 Å². The van der Waals surface area contributed by atoms with E-state index < -0.39 is 0 Å². The number of benzene rings is 2. The first-order chi connectivity index (χ1) is 9.67. The number of nitrogen functional groups attached to an aromatic ring is 1. The molecule has 2 aromatic carbocycles. The van der Waals surface area contributed by atoms with Crippen molar-refractivity contribution in [3.63, 3.8) is 0 Å². The van der Waals surface area contributed by atoms with E-state index in [1.807, 2.05) is 44.2 Å². The number of rotatable bonds is 2. The van der Waals surface area contributed by atoms with Crippen molar-refractivity contribution >= 4 is 5.69 Å². The van der Waals surface area contributed by atoms with Crippen molar-refractivity contribution in [3.05, 3.63) is 59.7 Å². The zero-order chi connectivity index (χ0) is 15.4. The van der Waals surface area contributed by atoms with Crippen LogP contribution in [0.3, 0.4) is 0 Å². The van der Waals surface area contributed by atoms with Gasteiger partial charge < -0.3 is 10.8 Å². The molecule has 2 aromatic rings. The molecule has 0 aliphatic carbocycles. The molecule has 0 saturated heterocycles. The number of hydrogen-bond donors (Lipinski definition) is 2. The molecule has 2 rings (SSSR count). The molecule has 0 unspecified atom stereocenters. The van der Waals surface area contributed by atoms with Crippen LogP contribution in [0, 0.1) is 0 Å². The number of para-hydroxylation sites is 1. The van der Waals surface area contributed by atoms with Gasteiger partial charge in [0, 0.05) is 5.69 Å². The van der Waals surface area contributed by atoms with Crippen LogP contribution in [0.2, 0.25) is 0 Å². The third kappa shape index (κ3) is 6.83. The van der Waals surface area contributed by atoms with E-state index >= 15 is 0 Å². The standard InChI is InChI=1S/C8H11N.C8H10O.C2H6/c1-2-7-5-3-4-6-8(7)9;1-2-7-4-3-5-8(9)6-7;1-2/h3-6H,2,9H2,1H3;3-6,9H,2H2,1H3;1-2H3. The van der Waals surface area contributed by atoms with Gasteiger partial charge in [-0.25, -0.2) is 0 Å². The predicted octanol–water partition coefficient (Wildman–Crippen LogP) is 4.81. The summed E-state index contributed by atoms with van der Waals surface area (Å²) in [6.07, 6.45) is 2.00. The van der Waals surface area contributed by atoms with Crippen LogP contribution in [0.5, 0.6) is 5.75 Å². The number of aryl methyl sites for hydroxylation is 2. The molecule has 0 saturated carbocycles. The second kappa shape index (κ2) is 10.9. The minimum Gasteiger partial charge on any atom is -0.508 e. The largest absolute Gasteiger partial charge is 0.508 e. The fourth-order valence-corrected chi connectivity index (χ4v) is 1.63. The lowest BCUT2D eigenvalue weighted by Gasteiger charge is -1.98. The number of phenolic OH excluding ortho intramolecular Hbond substituents is 1. The van der Waals surface area contributed by atoms with Crippen LogP contribution in [0.4, 0.5) is 5.69 Å². The molecule has 0 aliphatic rings. The zero-order valence-electron chi connectivity index (χ0n) is 13.1. The summed E-state index contributed by atoms with van der Waals surface area (Å²) >= 11 is 0. The SMILES string of the molecule is CC.CCc1cccc(O)c1.CCc1ccccc1N. The Bertz CT molecular complexity index is 480. The molecule has 0 aliphatic heterocycles. The van der Waals surface area contributed by atoms with Crippen LogP contribution in [0.1, 0.15) is 38.8 Å². The zero-order valence-corrected chi connectivity index (χ0v) is 13.1. The third-order valence-electron chi connectivity index (χ3n) is 2.75. The Hall–Kier alpha value is -1.96. The molecule has 0 fully saturated rings. The van der Waals surface area contributed by atoms with Crippen LogP contribution in [-0.4, -0.2) is 5.11 Å². The van der Waals surface area contributed by atoms with Crippen molar-refractivity contribution in [1.82, 2.24) is 0 Å². The monoisotopic (exact) mass is 273 g/mol. The Kier molecular flexibility index (Phi) is 9.85. The highest BCUT2D eigenvalue weighted by Gasteiger charge is 1.90. The molecule has 0 heterocycles. The van der Waals surface area contributed by atoms with E-state index in [4.69, 9.17) is 10.8 Å². The molecule has 0 atom stereocenters. The molecule has 2 nitrogen and oxygen atoms in total. The van der Waals surface area contributed by atoms with Crippen molar-refractivity contribution in [1.29, 1.82) is 0 Å². The van der Waals surface area contributed by atoms with Crippen molar-refractivity contribution in [2.45, 2.75) is 40.5 Å². The molecule has 2 heteroatoms. The van der Waals surface area contributed by atoms with Gasteiger partial charge in [-0.1, -0.05) is 58.0 Å². The maximum absolute atomic E-state index is 8.94. The van der Waals surface area contributed by atoms with Crippen LogP contribution >= 0.6 is 0 Å². The van der Waals surface area contributed by atoms with E-state index in [1.54, 1.807) is 12.1 Å². The highest BCUT2D eigenvalue weighted by atomic mass is 16.3. The van der Waals surface area contributed by atoms with Crippen LogP contribution in [0.15, 0.2) is 48.5 Å². The van der Waals surface area contributed by atoms with Gasteiger partial charge in [-0.15, -0.1) is 0 Å². The molecular weight excluding hydrogens is 246 g/mol. The van der Waals surface area contributed by atoms with Gasteiger partial charge in [0.25, 0.3) is 0 Å². The lowest BCUT2D eigenvalue weighted by molar-refractivity contribution is 0.474. The van der Waals surface area contributed by atoms with Crippen molar-refractivity contribution < 1.29 is 5.11 Å². The lowest BCUT2D eigenvalue weighted by Crippen LogP contribution is -1.90. The van der Waals surface area contributed by atoms with E-state index in [0.717, 1.165) is 18.5 Å². The first-order valence-corrected chi connectivity index (χ1v) is 7.28. The third-order valence-corrected chi connectivity index (χ3v) is 2.75. The number of nitrogens with two attached hydrogens (primary N) is 1. The number of anilines is 1. The summed E-state index contributed by atoms with van der Waals surface area (Å²) in [6, 6.07) is 15.3. The minimum atomic E-state index is 0.356. The summed E-state index contributed by atoms with van der Waals surface area (Å²) in [5.41, 5.74) is 8.94. The summed E-state index contributed by atoms with van der Waals surface area (Å²) in [5.74, 6) is 0.356. The summed E-state index contributed by atoms with van der Waals surface area (Å²) in [4.78, 5) is 0. The Morgan fingerprint density at radius 1 is 0.900 bits per heavy atom. The van der Waals surface area contributed by atoms with Gasteiger partial charge in [-0.2, -0.15) is 0 Å². The number of hydrogen-bond acceptors (Lipinski definition) is 2. The molecule has 0 amide bonds. The Labute approximate surface area is 123 Å². The molecule has 0 spiro atoms. The van der Waals surface area contributed by atoms with Crippen LogP contribution in [-0.2, 0) is 12.8 Å². The average Bonchev–Trinajstić information content (AvgIpc) is 2.50. The molecule has 0 aromatic heterocycles. The average molecular weight is 273 g/mol. The normalized spacial score (nSPS) is 8.80. The molecular formula is C18H27NO. The Morgan fingerprint density at radius 2 is 1.55 bits per heavy atom. The minimum absolute atomic E-state index is 0.356. The quantitative estimate of drug-likeness (QED) is 0.771.